The van der Waals surface area contributed by atoms with E-state index in [0.29, 0.717) is 24.6 Å². The first-order valence-corrected chi connectivity index (χ1v) is 10.1. The van der Waals surface area contributed by atoms with Gasteiger partial charge in [0.25, 0.3) is 5.91 Å². The van der Waals surface area contributed by atoms with Crippen molar-refractivity contribution in [2.24, 2.45) is 0 Å². The number of carbonyl (C=O) groups is 2. The number of hydrogen-bond acceptors (Lipinski definition) is 5. The molecule has 6 nitrogen and oxygen atoms in total. The maximum atomic E-state index is 12.6. The summed E-state index contributed by atoms with van der Waals surface area (Å²) in [6, 6.07) is 12.0. The molecule has 27 heavy (non-hydrogen) atoms. The van der Waals surface area contributed by atoms with Crippen LogP contribution in [0.2, 0.25) is 0 Å². The molecule has 0 unspecified atom stereocenters. The lowest BCUT2D eigenvalue weighted by atomic mass is 10.1. The fourth-order valence-electron chi connectivity index (χ4n) is 2.89. The highest BCUT2D eigenvalue weighted by Crippen LogP contribution is 2.39. The number of rotatable bonds is 7. The topological polar surface area (TPSA) is 70.7 Å². The van der Waals surface area contributed by atoms with E-state index in [1.807, 2.05) is 43.3 Å². The standard InChI is InChI=1S/C20H25N3O3S/c1-2-8-21-18(24)14-22-19(25)17-13-16(15-6-4-3-5-7-15)20(27-17)23-9-11-26-12-10-23/h3-7,13H,2,8-12,14H2,1H3,(H,21,24)(H,22,25). The smallest absolute Gasteiger partial charge is 0.261 e. The highest BCUT2D eigenvalue weighted by molar-refractivity contribution is 7.18. The third-order valence-corrected chi connectivity index (χ3v) is 5.50. The Kier molecular flexibility index (Phi) is 6.84. The number of nitrogens with one attached hydrogen (secondary N) is 2. The van der Waals surface area contributed by atoms with E-state index in [4.69, 9.17) is 4.74 Å². The Bertz CT molecular complexity index is 770. The molecule has 2 aromatic rings. The molecule has 1 aromatic heterocycles. The van der Waals surface area contributed by atoms with Gasteiger partial charge < -0.3 is 20.3 Å². The summed E-state index contributed by atoms with van der Waals surface area (Å²) in [5.41, 5.74) is 2.12. The Morgan fingerprint density at radius 1 is 1.15 bits per heavy atom. The summed E-state index contributed by atoms with van der Waals surface area (Å²) in [6.45, 7) is 5.58. The van der Waals surface area contributed by atoms with E-state index in [1.165, 1.54) is 11.3 Å². The summed E-state index contributed by atoms with van der Waals surface area (Å²) < 4.78 is 5.46. The van der Waals surface area contributed by atoms with Crippen LogP contribution in [0.5, 0.6) is 0 Å². The van der Waals surface area contributed by atoms with Crippen molar-refractivity contribution >= 4 is 28.2 Å². The molecule has 2 amide bonds. The van der Waals surface area contributed by atoms with Crippen LogP contribution in [0.15, 0.2) is 36.4 Å². The number of thiophene rings is 1. The number of ether oxygens (including phenoxy) is 1. The normalized spacial score (nSPS) is 14.0. The van der Waals surface area contributed by atoms with Crippen molar-refractivity contribution < 1.29 is 14.3 Å². The van der Waals surface area contributed by atoms with Gasteiger partial charge >= 0.3 is 0 Å². The Morgan fingerprint density at radius 2 is 1.89 bits per heavy atom. The minimum atomic E-state index is -0.219. The number of morpholine rings is 1. The van der Waals surface area contributed by atoms with Gasteiger partial charge in [-0.1, -0.05) is 37.3 Å². The molecule has 1 saturated heterocycles. The lowest BCUT2D eigenvalue weighted by Gasteiger charge is -2.28. The second-order valence-electron chi connectivity index (χ2n) is 6.33. The summed E-state index contributed by atoms with van der Waals surface area (Å²) >= 11 is 1.47. The van der Waals surface area contributed by atoms with Crippen LogP contribution in [-0.4, -0.2) is 51.2 Å². The highest BCUT2D eigenvalue weighted by Gasteiger charge is 2.22. The van der Waals surface area contributed by atoms with Crippen LogP contribution < -0.4 is 15.5 Å². The van der Waals surface area contributed by atoms with Crippen LogP contribution in [0.4, 0.5) is 5.00 Å². The largest absolute Gasteiger partial charge is 0.378 e. The molecule has 0 aliphatic carbocycles. The number of nitrogens with zero attached hydrogens (tertiary/aromatic N) is 1. The molecule has 1 aliphatic heterocycles. The summed E-state index contributed by atoms with van der Waals surface area (Å²) in [6.07, 6.45) is 0.869. The number of amides is 2. The van der Waals surface area contributed by atoms with Gasteiger partial charge in [0.2, 0.25) is 5.91 Å². The minimum Gasteiger partial charge on any atom is -0.378 e. The number of anilines is 1. The Morgan fingerprint density at radius 3 is 2.59 bits per heavy atom. The maximum Gasteiger partial charge on any atom is 0.261 e. The summed E-state index contributed by atoms with van der Waals surface area (Å²) in [5.74, 6) is -0.387. The molecule has 2 heterocycles. The van der Waals surface area contributed by atoms with Gasteiger partial charge in [-0.25, -0.2) is 0 Å². The molecular formula is C20H25N3O3S. The molecule has 1 aromatic carbocycles. The van der Waals surface area contributed by atoms with Gasteiger partial charge in [-0.15, -0.1) is 11.3 Å². The van der Waals surface area contributed by atoms with Gasteiger partial charge in [0.1, 0.15) is 0 Å². The van der Waals surface area contributed by atoms with Crippen LogP contribution in [-0.2, 0) is 9.53 Å². The van der Waals surface area contributed by atoms with Gasteiger partial charge in [-0.3, -0.25) is 9.59 Å². The summed E-state index contributed by atoms with van der Waals surface area (Å²) in [4.78, 5) is 27.2. The lowest BCUT2D eigenvalue weighted by Crippen LogP contribution is -2.37. The van der Waals surface area contributed by atoms with Crippen LogP contribution in [0, 0.1) is 0 Å². The van der Waals surface area contributed by atoms with E-state index in [9.17, 15) is 9.59 Å². The van der Waals surface area contributed by atoms with Gasteiger partial charge in [-0.05, 0) is 18.1 Å². The average Bonchev–Trinajstić information content (AvgIpc) is 3.17. The van der Waals surface area contributed by atoms with Crippen molar-refractivity contribution in [2.75, 3.05) is 44.3 Å². The first kappa shape index (κ1) is 19.4. The van der Waals surface area contributed by atoms with Gasteiger partial charge in [0.15, 0.2) is 0 Å². The summed E-state index contributed by atoms with van der Waals surface area (Å²) in [5, 5.41) is 6.55. The Hall–Kier alpha value is -2.38. The van der Waals surface area contributed by atoms with Crippen LogP contribution in [0.1, 0.15) is 23.0 Å². The monoisotopic (exact) mass is 387 g/mol. The minimum absolute atomic E-state index is 0.00963. The first-order valence-electron chi connectivity index (χ1n) is 9.26. The molecule has 1 aliphatic rings. The zero-order valence-corrected chi connectivity index (χ0v) is 16.3. The second-order valence-corrected chi connectivity index (χ2v) is 7.36. The van der Waals surface area contributed by atoms with E-state index in [-0.39, 0.29) is 18.4 Å². The molecule has 0 saturated carbocycles. The van der Waals surface area contributed by atoms with Gasteiger partial charge in [-0.2, -0.15) is 0 Å². The first-order chi connectivity index (χ1) is 13.2. The van der Waals surface area contributed by atoms with E-state index in [2.05, 4.69) is 15.5 Å². The average molecular weight is 388 g/mol. The number of benzene rings is 1. The van der Waals surface area contributed by atoms with Crippen LogP contribution in [0.3, 0.4) is 0 Å². The predicted octanol–water partition coefficient (Wildman–Crippen LogP) is 2.51. The Labute approximate surface area is 163 Å². The number of carbonyl (C=O) groups excluding carboxylic acids is 2. The van der Waals surface area contributed by atoms with E-state index in [0.717, 1.165) is 35.6 Å². The van der Waals surface area contributed by atoms with Crippen LogP contribution in [0.25, 0.3) is 11.1 Å². The lowest BCUT2D eigenvalue weighted by molar-refractivity contribution is -0.120. The van der Waals surface area contributed by atoms with Crippen molar-refractivity contribution in [3.8, 4) is 11.1 Å². The molecule has 0 spiro atoms. The van der Waals surface area contributed by atoms with E-state index >= 15 is 0 Å². The fraction of sp³-hybridized carbons (Fsp3) is 0.400. The third kappa shape index (κ3) is 5.08. The molecule has 0 atom stereocenters. The van der Waals surface area contributed by atoms with Gasteiger partial charge in [0.05, 0.1) is 29.6 Å². The molecule has 7 heteroatoms. The van der Waals surface area contributed by atoms with Crippen LogP contribution >= 0.6 is 11.3 Å². The van der Waals surface area contributed by atoms with Crippen molar-refractivity contribution in [1.29, 1.82) is 0 Å². The van der Waals surface area contributed by atoms with E-state index in [1.54, 1.807) is 0 Å². The van der Waals surface area contributed by atoms with Gasteiger partial charge in [0, 0.05) is 25.2 Å². The second kappa shape index (κ2) is 9.53. The fourth-order valence-corrected chi connectivity index (χ4v) is 4.04. The summed E-state index contributed by atoms with van der Waals surface area (Å²) in [7, 11) is 0. The molecule has 0 radical (unpaired) electrons. The van der Waals surface area contributed by atoms with E-state index < -0.39 is 0 Å². The molecule has 0 bridgehead atoms. The van der Waals surface area contributed by atoms with Crippen molar-refractivity contribution in [2.45, 2.75) is 13.3 Å². The zero-order valence-electron chi connectivity index (χ0n) is 15.5. The Balaban J connectivity index is 1.78. The van der Waals surface area contributed by atoms with Crippen molar-refractivity contribution in [1.82, 2.24) is 10.6 Å². The molecular weight excluding hydrogens is 362 g/mol. The SMILES string of the molecule is CCCNC(=O)CNC(=O)c1cc(-c2ccccc2)c(N2CCOCC2)s1. The van der Waals surface area contributed by atoms with Crippen molar-refractivity contribution in [3.05, 3.63) is 41.3 Å². The zero-order chi connectivity index (χ0) is 19.1. The highest BCUT2D eigenvalue weighted by atomic mass is 32.1. The predicted molar refractivity (Wildman–Crippen MR) is 108 cm³/mol. The van der Waals surface area contributed by atoms with Crippen molar-refractivity contribution in [3.63, 3.8) is 0 Å². The molecule has 2 N–H and O–H groups in total. The quantitative estimate of drug-likeness (QED) is 0.766. The number of hydrogen-bond donors (Lipinski definition) is 2. The molecule has 1 fully saturated rings. The maximum absolute atomic E-state index is 12.6. The molecule has 144 valence electrons. The molecule has 3 rings (SSSR count). The third-order valence-electron chi connectivity index (χ3n) is 4.30.